The molecule has 0 atom stereocenters. The van der Waals surface area contributed by atoms with Gasteiger partial charge in [0.25, 0.3) is 0 Å². The normalized spacial score (nSPS) is 11.0. The SMILES string of the molecule is COc1cccc(N(CC(=O)NCCc2cccc(Cl)c2)S(C)(=O)=O)c1. The fraction of sp³-hybridized carbons (Fsp3) is 0.278. The first kappa shape index (κ1) is 20.1. The number of carbonyl (C=O) groups excluding carboxylic acids is 1. The van der Waals surface area contributed by atoms with E-state index in [1.807, 2.05) is 18.2 Å². The van der Waals surface area contributed by atoms with E-state index in [0.717, 1.165) is 16.1 Å². The van der Waals surface area contributed by atoms with Crippen LogP contribution in [-0.4, -0.2) is 40.8 Å². The number of amides is 1. The van der Waals surface area contributed by atoms with Crippen molar-refractivity contribution in [1.29, 1.82) is 0 Å². The second-order valence-corrected chi connectivity index (χ2v) is 8.04. The van der Waals surface area contributed by atoms with Gasteiger partial charge in [-0.25, -0.2) is 8.42 Å². The summed E-state index contributed by atoms with van der Waals surface area (Å²) in [5.74, 6) is 0.123. The number of anilines is 1. The van der Waals surface area contributed by atoms with E-state index in [1.54, 1.807) is 30.3 Å². The van der Waals surface area contributed by atoms with Gasteiger partial charge in [-0.1, -0.05) is 29.8 Å². The Balaban J connectivity index is 2.00. The number of sulfonamides is 1. The number of ether oxygens (including phenoxy) is 1. The maximum absolute atomic E-state index is 12.2. The number of halogens is 1. The third-order valence-corrected chi connectivity index (χ3v) is 5.03. The van der Waals surface area contributed by atoms with Crippen LogP contribution in [0.25, 0.3) is 0 Å². The lowest BCUT2D eigenvalue weighted by Crippen LogP contribution is -2.40. The van der Waals surface area contributed by atoms with Crippen LogP contribution in [0.4, 0.5) is 5.69 Å². The molecule has 0 heterocycles. The monoisotopic (exact) mass is 396 g/mol. The molecule has 0 unspecified atom stereocenters. The summed E-state index contributed by atoms with van der Waals surface area (Å²) in [5.41, 5.74) is 1.36. The van der Waals surface area contributed by atoms with Crippen molar-refractivity contribution < 1.29 is 17.9 Å². The third-order valence-electron chi connectivity index (χ3n) is 3.65. The summed E-state index contributed by atoms with van der Waals surface area (Å²) in [6.07, 6.45) is 1.66. The fourth-order valence-corrected chi connectivity index (χ4v) is 3.45. The van der Waals surface area contributed by atoms with Gasteiger partial charge in [0.15, 0.2) is 0 Å². The zero-order valence-corrected chi connectivity index (χ0v) is 16.2. The number of hydrogen-bond acceptors (Lipinski definition) is 4. The number of nitrogens with one attached hydrogen (secondary N) is 1. The number of rotatable bonds is 8. The Morgan fingerprint density at radius 3 is 2.58 bits per heavy atom. The standard InChI is InChI=1S/C18H21ClN2O4S/c1-25-17-8-4-7-16(12-17)21(26(2,23)24)13-18(22)20-10-9-14-5-3-6-15(19)11-14/h3-8,11-12H,9-10,13H2,1-2H3,(H,20,22). The van der Waals surface area contributed by atoms with Gasteiger partial charge < -0.3 is 10.1 Å². The van der Waals surface area contributed by atoms with E-state index in [-0.39, 0.29) is 12.5 Å². The molecule has 0 saturated heterocycles. The molecule has 0 radical (unpaired) electrons. The number of benzene rings is 2. The van der Waals surface area contributed by atoms with Crippen LogP contribution in [0.15, 0.2) is 48.5 Å². The molecule has 0 aliphatic carbocycles. The summed E-state index contributed by atoms with van der Waals surface area (Å²) in [4.78, 5) is 12.2. The van der Waals surface area contributed by atoms with Crippen molar-refractivity contribution in [2.45, 2.75) is 6.42 Å². The molecule has 0 spiro atoms. The fourth-order valence-electron chi connectivity index (χ4n) is 2.39. The minimum atomic E-state index is -3.62. The molecule has 6 nitrogen and oxygen atoms in total. The van der Waals surface area contributed by atoms with E-state index in [4.69, 9.17) is 16.3 Å². The van der Waals surface area contributed by atoms with Crippen molar-refractivity contribution in [3.05, 3.63) is 59.1 Å². The maximum Gasteiger partial charge on any atom is 0.240 e. The zero-order chi connectivity index (χ0) is 19.2. The van der Waals surface area contributed by atoms with E-state index < -0.39 is 10.0 Å². The summed E-state index contributed by atoms with van der Waals surface area (Å²) in [7, 11) is -2.13. The van der Waals surface area contributed by atoms with Crippen molar-refractivity contribution in [3.8, 4) is 5.75 Å². The molecule has 2 aromatic carbocycles. The lowest BCUT2D eigenvalue weighted by atomic mass is 10.1. The molecule has 0 aliphatic rings. The predicted molar refractivity (Wildman–Crippen MR) is 103 cm³/mol. The highest BCUT2D eigenvalue weighted by molar-refractivity contribution is 7.92. The first-order valence-electron chi connectivity index (χ1n) is 7.92. The lowest BCUT2D eigenvalue weighted by molar-refractivity contribution is -0.119. The Morgan fingerprint density at radius 1 is 1.19 bits per heavy atom. The minimum Gasteiger partial charge on any atom is -0.497 e. The molecule has 0 fully saturated rings. The van der Waals surface area contributed by atoms with Gasteiger partial charge in [-0.05, 0) is 36.2 Å². The number of methoxy groups -OCH3 is 1. The summed E-state index contributed by atoms with van der Waals surface area (Å²) in [5, 5.41) is 3.37. The Bertz CT molecular complexity index is 871. The van der Waals surface area contributed by atoms with Crippen LogP contribution in [0.3, 0.4) is 0 Å². The Labute approximate surface area is 158 Å². The van der Waals surface area contributed by atoms with Gasteiger partial charge in [0, 0.05) is 17.6 Å². The smallest absolute Gasteiger partial charge is 0.240 e. The van der Waals surface area contributed by atoms with Crippen LogP contribution in [0.2, 0.25) is 5.02 Å². The van der Waals surface area contributed by atoms with Crippen molar-refractivity contribution in [1.82, 2.24) is 5.32 Å². The van der Waals surface area contributed by atoms with Crippen LogP contribution < -0.4 is 14.4 Å². The van der Waals surface area contributed by atoms with Gasteiger partial charge in [0.05, 0.1) is 19.1 Å². The van der Waals surface area contributed by atoms with Crippen molar-refractivity contribution in [3.63, 3.8) is 0 Å². The average Bonchev–Trinajstić information content (AvgIpc) is 2.59. The van der Waals surface area contributed by atoms with Crippen molar-refractivity contribution >= 4 is 33.2 Å². The van der Waals surface area contributed by atoms with E-state index in [1.165, 1.54) is 7.11 Å². The van der Waals surface area contributed by atoms with Gasteiger partial charge in [-0.2, -0.15) is 0 Å². The highest BCUT2D eigenvalue weighted by atomic mass is 35.5. The summed E-state index contributed by atoms with van der Waals surface area (Å²) in [6, 6.07) is 13.9. The number of carbonyl (C=O) groups is 1. The highest BCUT2D eigenvalue weighted by Gasteiger charge is 2.21. The quantitative estimate of drug-likeness (QED) is 0.743. The molecule has 2 rings (SSSR count). The zero-order valence-electron chi connectivity index (χ0n) is 14.6. The van der Waals surface area contributed by atoms with Gasteiger partial charge in [-0.15, -0.1) is 0 Å². The lowest BCUT2D eigenvalue weighted by Gasteiger charge is -2.22. The van der Waals surface area contributed by atoms with Crippen LogP contribution >= 0.6 is 11.6 Å². The van der Waals surface area contributed by atoms with Crippen LogP contribution in [-0.2, 0) is 21.2 Å². The Kier molecular flexibility index (Phi) is 6.88. The van der Waals surface area contributed by atoms with Crippen LogP contribution in [0.1, 0.15) is 5.56 Å². The first-order valence-corrected chi connectivity index (χ1v) is 10.1. The summed E-state index contributed by atoms with van der Waals surface area (Å²) >= 11 is 5.93. The Morgan fingerprint density at radius 2 is 1.92 bits per heavy atom. The second-order valence-electron chi connectivity index (χ2n) is 5.70. The van der Waals surface area contributed by atoms with E-state index in [0.29, 0.717) is 29.4 Å². The largest absolute Gasteiger partial charge is 0.497 e. The molecule has 8 heteroatoms. The average molecular weight is 397 g/mol. The van der Waals surface area contributed by atoms with Gasteiger partial charge in [0.1, 0.15) is 12.3 Å². The molecular formula is C18H21ClN2O4S. The van der Waals surface area contributed by atoms with Crippen LogP contribution in [0, 0.1) is 0 Å². The molecule has 140 valence electrons. The number of hydrogen-bond donors (Lipinski definition) is 1. The molecular weight excluding hydrogens is 376 g/mol. The molecule has 0 aliphatic heterocycles. The number of nitrogens with zero attached hydrogens (tertiary/aromatic N) is 1. The van der Waals surface area contributed by atoms with Gasteiger partial charge in [-0.3, -0.25) is 9.10 Å². The molecule has 2 aromatic rings. The third kappa shape index (κ3) is 5.93. The summed E-state index contributed by atoms with van der Waals surface area (Å²) in [6.45, 7) is 0.0798. The maximum atomic E-state index is 12.2. The second kappa shape index (κ2) is 8.91. The van der Waals surface area contributed by atoms with E-state index >= 15 is 0 Å². The molecule has 0 aromatic heterocycles. The minimum absolute atomic E-state index is 0.304. The van der Waals surface area contributed by atoms with E-state index in [2.05, 4.69) is 5.32 Å². The van der Waals surface area contributed by atoms with Gasteiger partial charge in [0.2, 0.25) is 15.9 Å². The molecule has 0 bridgehead atoms. The molecule has 1 amide bonds. The molecule has 26 heavy (non-hydrogen) atoms. The topological polar surface area (TPSA) is 75.7 Å². The van der Waals surface area contributed by atoms with Crippen molar-refractivity contribution in [2.75, 3.05) is 30.8 Å². The van der Waals surface area contributed by atoms with E-state index in [9.17, 15) is 13.2 Å². The van der Waals surface area contributed by atoms with Crippen molar-refractivity contribution in [2.24, 2.45) is 0 Å². The Hall–Kier alpha value is -2.25. The van der Waals surface area contributed by atoms with Gasteiger partial charge >= 0.3 is 0 Å². The summed E-state index contributed by atoms with van der Waals surface area (Å²) < 4.78 is 30.3. The first-order chi connectivity index (χ1) is 12.3. The predicted octanol–water partition coefficient (Wildman–Crippen LogP) is 2.47. The van der Waals surface area contributed by atoms with Crippen LogP contribution in [0.5, 0.6) is 5.75 Å². The molecule has 1 N–H and O–H groups in total. The molecule has 0 saturated carbocycles. The highest BCUT2D eigenvalue weighted by Crippen LogP contribution is 2.22.